The Hall–Kier alpha value is -1.38. The number of nitrogens with zero attached hydrogens (tertiary/aromatic N) is 1. The highest BCUT2D eigenvalue weighted by molar-refractivity contribution is 5.71. The van der Waals surface area contributed by atoms with Crippen molar-refractivity contribution in [1.82, 2.24) is 4.98 Å². The minimum Gasteiger partial charge on any atom is -0.445 e. The number of allylic oxidation sites excluding steroid dienone is 1. The molecule has 0 aliphatic rings. The van der Waals surface area contributed by atoms with Crippen molar-refractivity contribution in [2.75, 3.05) is 0 Å². The van der Waals surface area contributed by atoms with Crippen molar-refractivity contribution < 1.29 is 9.21 Å². The van der Waals surface area contributed by atoms with Gasteiger partial charge in [0.1, 0.15) is 12.5 Å². The number of aromatic nitrogens is 1. The molecule has 0 saturated carbocycles. The Labute approximate surface area is 58.4 Å². The van der Waals surface area contributed by atoms with Crippen LogP contribution in [0.4, 0.5) is 0 Å². The highest BCUT2D eigenvalue weighted by Crippen LogP contribution is 2.00. The van der Waals surface area contributed by atoms with E-state index in [1.165, 1.54) is 18.4 Å². The van der Waals surface area contributed by atoms with Crippen molar-refractivity contribution in [3.8, 4) is 0 Å². The molecule has 0 aliphatic carbocycles. The largest absolute Gasteiger partial charge is 0.445 e. The number of hydrogen-bond acceptors (Lipinski definition) is 3. The summed E-state index contributed by atoms with van der Waals surface area (Å²) in [5.41, 5.74) is 0.811. The van der Waals surface area contributed by atoms with Gasteiger partial charge in [-0.05, 0) is 13.0 Å². The Kier molecular flexibility index (Phi) is 1.99. The Morgan fingerprint density at radius 3 is 3.00 bits per heavy atom. The van der Waals surface area contributed by atoms with Crippen LogP contribution in [0.5, 0.6) is 0 Å². The van der Waals surface area contributed by atoms with Gasteiger partial charge in [0.2, 0.25) is 5.89 Å². The van der Waals surface area contributed by atoms with E-state index in [2.05, 4.69) is 4.98 Å². The molecule has 0 bridgehead atoms. The first-order valence-electron chi connectivity index (χ1n) is 2.87. The van der Waals surface area contributed by atoms with E-state index in [1.54, 1.807) is 0 Å². The maximum atomic E-state index is 9.83. The summed E-state index contributed by atoms with van der Waals surface area (Å²) < 4.78 is 4.91. The fraction of sp³-hybridized carbons (Fsp3) is 0.143. The molecule has 0 radical (unpaired) electrons. The zero-order valence-corrected chi connectivity index (χ0v) is 5.57. The van der Waals surface area contributed by atoms with Crippen LogP contribution in [0.3, 0.4) is 0 Å². The van der Waals surface area contributed by atoms with Crippen molar-refractivity contribution in [2.45, 2.75) is 6.92 Å². The lowest BCUT2D eigenvalue weighted by molar-refractivity contribution is -0.104. The predicted octanol–water partition coefficient (Wildman–Crippen LogP) is 1.20. The van der Waals surface area contributed by atoms with E-state index in [4.69, 9.17) is 4.42 Å². The van der Waals surface area contributed by atoms with Gasteiger partial charge in [-0.2, -0.15) is 0 Å². The van der Waals surface area contributed by atoms with Crippen molar-refractivity contribution in [1.29, 1.82) is 0 Å². The third-order valence-electron chi connectivity index (χ3n) is 0.954. The molecule has 0 saturated heterocycles. The lowest BCUT2D eigenvalue weighted by atomic mass is 10.5. The topological polar surface area (TPSA) is 43.1 Å². The van der Waals surface area contributed by atoms with Crippen LogP contribution in [0, 0.1) is 6.92 Å². The molecule has 1 aromatic rings. The summed E-state index contributed by atoms with van der Waals surface area (Å²) in [6.45, 7) is 1.82. The lowest BCUT2D eigenvalue weighted by Crippen LogP contribution is -1.71. The maximum Gasteiger partial charge on any atom is 0.218 e. The fourth-order valence-corrected chi connectivity index (χ4v) is 0.570. The molecule has 3 nitrogen and oxygen atoms in total. The van der Waals surface area contributed by atoms with Gasteiger partial charge in [-0.3, -0.25) is 4.79 Å². The van der Waals surface area contributed by atoms with E-state index in [0.29, 0.717) is 12.2 Å². The number of rotatable bonds is 2. The number of carbonyl (C=O) groups is 1. The first-order valence-corrected chi connectivity index (χ1v) is 2.87. The number of carbonyl (C=O) groups excluding carboxylic acids is 1. The van der Waals surface area contributed by atoms with Crippen molar-refractivity contribution >= 4 is 12.4 Å². The number of aldehydes is 1. The first-order chi connectivity index (χ1) is 4.83. The summed E-state index contributed by atoms with van der Waals surface area (Å²) in [6, 6.07) is 0. The van der Waals surface area contributed by atoms with Gasteiger partial charge < -0.3 is 4.42 Å². The van der Waals surface area contributed by atoms with E-state index in [1.807, 2.05) is 6.92 Å². The molecule has 0 fully saturated rings. The smallest absolute Gasteiger partial charge is 0.218 e. The van der Waals surface area contributed by atoms with Gasteiger partial charge in [-0.1, -0.05) is 0 Å². The molecule has 0 spiro atoms. The predicted molar refractivity (Wildman–Crippen MR) is 36.3 cm³/mol. The molecule has 10 heavy (non-hydrogen) atoms. The zero-order chi connectivity index (χ0) is 7.40. The van der Waals surface area contributed by atoms with Crippen LogP contribution in [0.25, 0.3) is 6.08 Å². The van der Waals surface area contributed by atoms with Gasteiger partial charge in [0, 0.05) is 6.08 Å². The second kappa shape index (κ2) is 2.96. The normalized spacial score (nSPS) is 10.5. The molecule has 1 rings (SSSR count). The minimum atomic E-state index is 0.463. The minimum absolute atomic E-state index is 0.463. The van der Waals surface area contributed by atoms with Crippen LogP contribution < -0.4 is 0 Å². The van der Waals surface area contributed by atoms with E-state index < -0.39 is 0 Å². The Morgan fingerprint density at radius 2 is 2.50 bits per heavy atom. The molecule has 1 heterocycles. The summed E-state index contributed by atoms with van der Waals surface area (Å²) in [6.07, 6.45) is 5.06. The van der Waals surface area contributed by atoms with E-state index >= 15 is 0 Å². The number of aryl methyl sites for hydroxylation is 1. The SMILES string of the molecule is Cc1coc(/C=C/C=O)n1. The summed E-state index contributed by atoms with van der Waals surface area (Å²) in [5, 5.41) is 0. The summed E-state index contributed by atoms with van der Waals surface area (Å²) in [4.78, 5) is 13.8. The second-order valence-corrected chi connectivity index (χ2v) is 1.82. The molecule has 0 aromatic carbocycles. The quantitative estimate of drug-likeness (QED) is 0.454. The second-order valence-electron chi connectivity index (χ2n) is 1.82. The average molecular weight is 137 g/mol. The van der Waals surface area contributed by atoms with Crippen LogP contribution in [0.15, 0.2) is 16.8 Å². The number of hydrogen-bond donors (Lipinski definition) is 0. The molecule has 0 amide bonds. The molecule has 0 unspecified atom stereocenters. The zero-order valence-electron chi connectivity index (χ0n) is 5.57. The molecular formula is C7H7NO2. The maximum absolute atomic E-state index is 9.83. The molecular weight excluding hydrogens is 130 g/mol. The highest BCUT2D eigenvalue weighted by atomic mass is 16.3. The van der Waals surface area contributed by atoms with Crippen molar-refractivity contribution in [3.63, 3.8) is 0 Å². The average Bonchev–Trinajstić information content (AvgIpc) is 2.31. The highest BCUT2D eigenvalue weighted by Gasteiger charge is 1.92. The van der Waals surface area contributed by atoms with Crippen LogP contribution in [-0.4, -0.2) is 11.3 Å². The molecule has 52 valence electrons. The third-order valence-corrected chi connectivity index (χ3v) is 0.954. The Balaban J connectivity index is 2.75. The monoisotopic (exact) mass is 137 g/mol. The third kappa shape index (κ3) is 1.55. The van der Waals surface area contributed by atoms with Gasteiger partial charge in [0.25, 0.3) is 0 Å². The number of oxazole rings is 1. The van der Waals surface area contributed by atoms with E-state index in [0.717, 1.165) is 5.69 Å². The van der Waals surface area contributed by atoms with Gasteiger partial charge in [-0.15, -0.1) is 0 Å². The van der Waals surface area contributed by atoms with Gasteiger partial charge in [0.15, 0.2) is 0 Å². The standard InChI is InChI=1S/C7H7NO2/c1-6-5-10-7(8-6)3-2-4-9/h2-5H,1H3/b3-2+. The van der Waals surface area contributed by atoms with E-state index in [-0.39, 0.29) is 0 Å². The van der Waals surface area contributed by atoms with Crippen LogP contribution >= 0.6 is 0 Å². The molecule has 3 heteroatoms. The molecule has 1 aromatic heterocycles. The Bertz CT molecular complexity index is 250. The van der Waals surface area contributed by atoms with Crippen molar-refractivity contribution in [3.05, 3.63) is 23.9 Å². The van der Waals surface area contributed by atoms with Gasteiger partial charge in [0.05, 0.1) is 5.69 Å². The van der Waals surface area contributed by atoms with Crippen molar-refractivity contribution in [2.24, 2.45) is 0 Å². The summed E-state index contributed by atoms with van der Waals surface area (Å²) in [5.74, 6) is 0.463. The summed E-state index contributed by atoms with van der Waals surface area (Å²) >= 11 is 0. The van der Waals surface area contributed by atoms with Crippen LogP contribution in [0.1, 0.15) is 11.6 Å². The molecule has 0 N–H and O–H groups in total. The Morgan fingerprint density at radius 1 is 1.70 bits per heavy atom. The van der Waals surface area contributed by atoms with E-state index in [9.17, 15) is 4.79 Å². The summed E-state index contributed by atoms with van der Waals surface area (Å²) in [7, 11) is 0. The molecule has 0 aliphatic heterocycles. The van der Waals surface area contributed by atoms with Gasteiger partial charge >= 0.3 is 0 Å². The molecule has 0 atom stereocenters. The van der Waals surface area contributed by atoms with Crippen LogP contribution in [0.2, 0.25) is 0 Å². The van der Waals surface area contributed by atoms with Gasteiger partial charge in [-0.25, -0.2) is 4.98 Å². The van der Waals surface area contributed by atoms with Crippen LogP contribution in [-0.2, 0) is 4.79 Å². The first kappa shape index (κ1) is 6.74. The fourth-order valence-electron chi connectivity index (χ4n) is 0.570. The lowest BCUT2D eigenvalue weighted by Gasteiger charge is -1.75.